The number of thiol groups is 1. The zero-order valence-electron chi connectivity index (χ0n) is 11.7. The Morgan fingerprint density at radius 1 is 1.21 bits per heavy atom. The molecular weight excluding hydrogens is 274 g/mol. The molecule has 19 heavy (non-hydrogen) atoms. The summed E-state index contributed by atoms with van der Waals surface area (Å²) in [7, 11) is 0. The molecule has 5 heteroatoms. The van der Waals surface area contributed by atoms with Gasteiger partial charge in [-0.1, -0.05) is 33.0 Å². The van der Waals surface area contributed by atoms with E-state index < -0.39 is 0 Å². The first kappa shape index (κ1) is 17.9. The van der Waals surface area contributed by atoms with Crippen LogP contribution in [0.15, 0.2) is 24.3 Å². The fourth-order valence-electron chi connectivity index (χ4n) is 1.42. The van der Waals surface area contributed by atoms with E-state index in [1.807, 2.05) is 6.07 Å². The van der Waals surface area contributed by atoms with E-state index in [0.29, 0.717) is 9.88 Å². The van der Waals surface area contributed by atoms with E-state index in [9.17, 15) is 0 Å². The highest BCUT2D eigenvalue weighted by molar-refractivity contribution is 8.11. The smallest absolute Gasteiger partial charge is 0.135 e. The molecule has 1 rings (SSSR count). The molecule has 1 N–H and O–H groups in total. The molecule has 0 aliphatic rings. The van der Waals surface area contributed by atoms with Gasteiger partial charge in [-0.2, -0.15) is 5.26 Å². The Labute approximate surface area is 127 Å². The van der Waals surface area contributed by atoms with Gasteiger partial charge in [0.25, 0.3) is 0 Å². The molecule has 0 atom stereocenters. The number of rotatable bonds is 4. The quantitative estimate of drug-likeness (QED) is 0.658. The van der Waals surface area contributed by atoms with Gasteiger partial charge in [-0.05, 0) is 43.9 Å². The molecule has 3 nitrogen and oxygen atoms in total. The first-order valence-corrected chi connectivity index (χ1v) is 7.15. The molecule has 0 heterocycles. The number of hydrogen-bond acceptors (Lipinski definition) is 3. The zero-order chi connectivity index (χ0) is 14.7. The lowest BCUT2D eigenvalue weighted by atomic mass is 10.2. The van der Waals surface area contributed by atoms with Gasteiger partial charge >= 0.3 is 0 Å². The fraction of sp³-hybridized carbons (Fsp3) is 0.429. The van der Waals surface area contributed by atoms with E-state index in [2.05, 4.69) is 43.6 Å². The Morgan fingerprint density at radius 2 is 1.68 bits per heavy atom. The van der Waals surface area contributed by atoms with Crippen LogP contribution in [0.25, 0.3) is 0 Å². The monoisotopic (exact) mass is 295 g/mol. The van der Waals surface area contributed by atoms with Crippen LogP contribution in [0.4, 0.5) is 5.69 Å². The summed E-state index contributed by atoms with van der Waals surface area (Å²) in [4.78, 5) is 2.38. The summed E-state index contributed by atoms with van der Waals surface area (Å²) in [6.45, 7) is 10.1. The SMILES string of the molecule is CCN(CC)CC.N#Cc1ccc(NC(=S)S)cc1. The van der Waals surface area contributed by atoms with E-state index in [4.69, 9.17) is 17.5 Å². The molecule has 0 aromatic heterocycles. The highest BCUT2D eigenvalue weighted by Gasteiger charge is 1.92. The van der Waals surface area contributed by atoms with Crippen molar-refractivity contribution in [1.82, 2.24) is 4.90 Å². The molecule has 0 saturated carbocycles. The molecule has 0 fully saturated rings. The maximum Gasteiger partial charge on any atom is 0.135 e. The Hall–Kier alpha value is -1.09. The average Bonchev–Trinajstić information content (AvgIpc) is 2.42. The first-order chi connectivity index (χ1) is 9.07. The van der Waals surface area contributed by atoms with Crippen LogP contribution in [0.3, 0.4) is 0 Å². The molecule has 0 unspecified atom stereocenters. The lowest BCUT2D eigenvalue weighted by molar-refractivity contribution is 0.321. The van der Waals surface area contributed by atoms with Gasteiger partial charge in [-0.15, -0.1) is 12.6 Å². The zero-order valence-corrected chi connectivity index (χ0v) is 13.4. The second-order valence-corrected chi connectivity index (χ2v) is 4.90. The molecule has 104 valence electrons. The second-order valence-electron chi connectivity index (χ2n) is 3.74. The van der Waals surface area contributed by atoms with Crippen molar-refractivity contribution in [2.45, 2.75) is 20.8 Å². The van der Waals surface area contributed by atoms with Crippen LogP contribution in [0.1, 0.15) is 26.3 Å². The molecule has 1 aromatic carbocycles. The largest absolute Gasteiger partial charge is 0.341 e. The minimum Gasteiger partial charge on any atom is -0.341 e. The van der Waals surface area contributed by atoms with Gasteiger partial charge in [-0.25, -0.2) is 0 Å². The molecule has 0 aliphatic heterocycles. The average molecular weight is 295 g/mol. The molecular formula is C14H21N3S2. The summed E-state index contributed by atoms with van der Waals surface area (Å²) in [6, 6.07) is 9.02. The van der Waals surface area contributed by atoms with Crippen molar-refractivity contribution in [3.63, 3.8) is 0 Å². The van der Waals surface area contributed by atoms with Gasteiger partial charge in [0, 0.05) is 5.69 Å². The number of anilines is 1. The van der Waals surface area contributed by atoms with Gasteiger partial charge < -0.3 is 10.2 Å². The number of hydrogen-bond donors (Lipinski definition) is 2. The van der Waals surface area contributed by atoms with Gasteiger partial charge in [-0.3, -0.25) is 0 Å². The lowest BCUT2D eigenvalue weighted by Gasteiger charge is -2.13. The molecule has 0 radical (unpaired) electrons. The second kappa shape index (κ2) is 10.8. The van der Waals surface area contributed by atoms with Crippen molar-refractivity contribution in [3.8, 4) is 6.07 Å². The van der Waals surface area contributed by atoms with Gasteiger partial charge in [0.05, 0.1) is 11.6 Å². The number of nitriles is 1. The number of nitrogens with zero attached hydrogens (tertiary/aromatic N) is 2. The summed E-state index contributed by atoms with van der Waals surface area (Å²) in [5, 5.41) is 11.3. The Bertz CT molecular complexity index is 400. The Balaban J connectivity index is 0.000000399. The molecule has 0 bridgehead atoms. The number of benzene rings is 1. The fourth-order valence-corrected chi connectivity index (χ4v) is 1.67. The van der Waals surface area contributed by atoms with Crippen molar-refractivity contribution < 1.29 is 0 Å². The molecule has 0 amide bonds. The van der Waals surface area contributed by atoms with Gasteiger partial charge in [0.2, 0.25) is 0 Å². The van der Waals surface area contributed by atoms with E-state index in [0.717, 1.165) is 5.69 Å². The van der Waals surface area contributed by atoms with E-state index in [-0.39, 0.29) is 0 Å². The molecule has 0 saturated heterocycles. The molecule has 0 aliphatic carbocycles. The summed E-state index contributed by atoms with van der Waals surface area (Å²) in [6.07, 6.45) is 0. The minimum absolute atomic E-state index is 0.416. The van der Waals surface area contributed by atoms with Crippen molar-refractivity contribution in [1.29, 1.82) is 5.26 Å². The van der Waals surface area contributed by atoms with Crippen LogP contribution in [0.5, 0.6) is 0 Å². The van der Waals surface area contributed by atoms with Crippen molar-refractivity contribution in [2.75, 3.05) is 25.0 Å². The van der Waals surface area contributed by atoms with Gasteiger partial charge in [0.15, 0.2) is 0 Å². The highest BCUT2D eigenvalue weighted by Crippen LogP contribution is 2.09. The maximum atomic E-state index is 8.50. The predicted molar refractivity (Wildman–Crippen MR) is 89.8 cm³/mol. The third-order valence-corrected chi connectivity index (χ3v) is 2.82. The van der Waals surface area contributed by atoms with Crippen LogP contribution in [-0.4, -0.2) is 28.9 Å². The van der Waals surface area contributed by atoms with E-state index in [1.54, 1.807) is 24.3 Å². The molecule has 1 aromatic rings. The van der Waals surface area contributed by atoms with Crippen LogP contribution in [0.2, 0.25) is 0 Å². The number of thiocarbonyl (C=S) groups is 1. The third-order valence-electron chi connectivity index (χ3n) is 2.61. The van der Waals surface area contributed by atoms with Crippen LogP contribution >= 0.6 is 24.8 Å². The van der Waals surface area contributed by atoms with Crippen LogP contribution < -0.4 is 5.32 Å². The summed E-state index contributed by atoms with van der Waals surface area (Å²) in [5.74, 6) is 0. The highest BCUT2D eigenvalue weighted by atomic mass is 32.1. The topological polar surface area (TPSA) is 39.1 Å². The van der Waals surface area contributed by atoms with Crippen molar-refractivity contribution in [3.05, 3.63) is 29.8 Å². The minimum atomic E-state index is 0.416. The van der Waals surface area contributed by atoms with Crippen molar-refractivity contribution in [2.24, 2.45) is 0 Å². The lowest BCUT2D eigenvalue weighted by Crippen LogP contribution is -2.21. The van der Waals surface area contributed by atoms with E-state index >= 15 is 0 Å². The first-order valence-electron chi connectivity index (χ1n) is 6.29. The standard InChI is InChI=1S/C8H6N2S2.C6H15N/c9-5-6-1-3-7(4-2-6)10-8(11)12;1-4-7(5-2)6-3/h1-4H,(H2,10,11,12);4-6H2,1-3H3. The Kier molecular flexibility index (Phi) is 10.2. The summed E-state index contributed by atoms with van der Waals surface area (Å²) in [5.41, 5.74) is 1.47. The van der Waals surface area contributed by atoms with Crippen molar-refractivity contribution >= 4 is 34.9 Å². The normalized spacial score (nSPS) is 9.26. The molecule has 0 spiro atoms. The third kappa shape index (κ3) is 8.60. The predicted octanol–water partition coefficient (Wildman–Crippen LogP) is 3.53. The Morgan fingerprint density at radius 3 is 1.95 bits per heavy atom. The van der Waals surface area contributed by atoms with E-state index in [1.165, 1.54) is 19.6 Å². The van der Waals surface area contributed by atoms with Crippen LogP contribution in [0, 0.1) is 11.3 Å². The van der Waals surface area contributed by atoms with Crippen LogP contribution in [-0.2, 0) is 0 Å². The number of nitrogens with one attached hydrogen (secondary N) is 1. The maximum absolute atomic E-state index is 8.50. The summed E-state index contributed by atoms with van der Waals surface area (Å²) >= 11 is 8.64. The van der Waals surface area contributed by atoms with Gasteiger partial charge in [0.1, 0.15) is 4.32 Å². The summed E-state index contributed by atoms with van der Waals surface area (Å²) < 4.78 is 0.416.